The third-order valence-corrected chi connectivity index (χ3v) is 13.5. The normalized spacial score (nSPS) is 19.9. The van der Waals surface area contributed by atoms with E-state index in [1.54, 1.807) is 42.3 Å². The molecule has 0 aliphatic carbocycles. The second-order valence-corrected chi connectivity index (χ2v) is 19.9. The van der Waals surface area contributed by atoms with Gasteiger partial charge in [-0.25, -0.2) is 10.4 Å². The molecule has 0 radical (unpaired) electrons. The van der Waals surface area contributed by atoms with Gasteiger partial charge >= 0.3 is 12.1 Å². The molecule has 3 amide bonds. The average Bonchev–Trinajstić information content (AvgIpc) is 3.85. The van der Waals surface area contributed by atoms with Gasteiger partial charge in [0.15, 0.2) is 0 Å². The number of carbonyl (C=O) groups excluding carboxylic acids is 4. The molecule has 3 aliphatic heterocycles. The summed E-state index contributed by atoms with van der Waals surface area (Å²) >= 11 is 1.29. The van der Waals surface area contributed by atoms with Crippen LogP contribution in [-0.2, 0) is 52.8 Å². The molecule has 2 saturated heterocycles. The number of alkyl halides is 3. The molecule has 3 aliphatic rings. The number of benzene rings is 1. The molecule has 15 nitrogen and oxygen atoms in total. The number of rotatable bonds is 10. The van der Waals surface area contributed by atoms with Crippen LogP contribution < -0.4 is 10.7 Å². The number of hydrogen-bond acceptors (Lipinski definition) is 12. The number of hydrogen-bond donors (Lipinski definition) is 2. The van der Waals surface area contributed by atoms with Crippen molar-refractivity contribution in [2.24, 2.45) is 5.41 Å². The minimum atomic E-state index is -4.58. The monoisotopic (exact) mass is 948 g/mol. The molecule has 2 fully saturated rings. The van der Waals surface area contributed by atoms with Crippen LogP contribution in [0, 0.1) is 17.3 Å². The zero-order valence-electron chi connectivity index (χ0n) is 39.2. The highest BCUT2D eigenvalue weighted by molar-refractivity contribution is 7.10. The number of likely N-dealkylation sites (tertiary alicyclic amines) is 1. The second-order valence-electron chi connectivity index (χ2n) is 18.9. The van der Waals surface area contributed by atoms with E-state index in [4.69, 9.17) is 19.2 Å². The number of carbonyl (C=O) groups is 4. The van der Waals surface area contributed by atoms with Crippen molar-refractivity contribution in [2.45, 2.75) is 109 Å². The number of fused-ring (bicyclic) bond motifs is 6. The summed E-state index contributed by atoms with van der Waals surface area (Å²) in [5, 5.41) is 7.14. The van der Waals surface area contributed by atoms with Gasteiger partial charge in [-0.3, -0.25) is 34.1 Å². The lowest BCUT2D eigenvalue weighted by atomic mass is 9.84. The largest absolute Gasteiger partial charge is 0.464 e. The predicted molar refractivity (Wildman–Crippen MR) is 246 cm³/mol. The number of aromatic nitrogens is 3. The van der Waals surface area contributed by atoms with Crippen LogP contribution in [0.5, 0.6) is 0 Å². The first-order valence-corrected chi connectivity index (χ1v) is 23.3. The van der Waals surface area contributed by atoms with Crippen LogP contribution in [0.2, 0.25) is 0 Å². The zero-order chi connectivity index (χ0) is 48.4. The fourth-order valence-corrected chi connectivity index (χ4v) is 9.12. The van der Waals surface area contributed by atoms with Gasteiger partial charge in [0.1, 0.15) is 18.6 Å². The number of hydrazine groups is 1. The number of pyridine rings is 1. The van der Waals surface area contributed by atoms with E-state index < -0.39 is 59.6 Å². The lowest BCUT2D eigenvalue weighted by molar-refractivity contribution is -0.155. The number of methoxy groups -OCH3 is 1. The predicted octanol–water partition coefficient (Wildman–Crippen LogP) is 5.71. The minimum Gasteiger partial charge on any atom is -0.464 e. The Morgan fingerprint density at radius 1 is 1.16 bits per heavy atom. The first-order valence-electron chi connectivity index (χ1n) is 22.4. The quantitative estimate of drug-likeness (QED) is 0.148. The van der Waals surface area contributed by atoms with Crippen LogP contribution in [0.1, 0.15) is 76.3 Å². The molecule has 67 heavy (non-hydrogen) atoms. The highest BCUT2D eigenvalue weighted by Gasteiger charge is 2.38. The molecule has 6 heterocycles. The summed E-state index contributed by atoms with van der Waals surface area (Å²) in [6, 6.07) is 6.72. The van der Waals surface area contributed by atoms with E-state index in [9.17, 15) is 32.3 Å². The average molecular weight is 949 g/mol. The zero-order valence-corrected chi connectivity index (χ0v) is 40.0. The molecule has 0 unspecified atom stereocenters. The Morgan fingerprint density at radius 3 is 2.64 bits per heavy atom. The van der Waals surface area contributed by atoms with Crippen molar-refractivity contribution >= 4 is 45.9 Å². The molecule has 360 valence electrons. The fourth-order valence-electron chi connectivity index (χ4n) is 8.27. The number of amides is 3. The highest BCUT2D eigenvalue weighted by atomic mass is 32.1. The van der Waals surface area contributed by atoms with Gasteiger partial charge in [0.05, 0.1) is 53.1 Å². The molecular formula is C48H59F3N8O7S. The van der Waals surface area contributed by atoms with E-state index in [1.165, 1.54) is 28.0 Å². The summed E-state index contributed by atoms with van der Waals surface area (Å²) in [4.78, 5) is 67.1. The summed E-state index contributed by atoms with van der Waals surface area (Å²) < 4.78 is 62.5. The van der Waals surface area contributed by atoms with E-state index in [0.29, 0.717) is 75.6 Å². The molecule has 6 bridgehead atoms. The number of esters is 1. The molecule has 19 heteroatoms. The first-order chi connectivity index (χ1) is 31.6. The summed E-state index contributed by atoms with van der Waals surface area (Å²) in [5.41, 5.74) is 5.24. The fraction of sp³-hybridized carbons (Fsp3) is 0.542. The van der Waals surface area contributed by atoms with Crippen LogP contribution in [-0.4, -0.2) is 137 Å². The molecule has 0 spiro atoms. The number of cyclic esters (lactones) is 1. The minimum absolute atomic E-state index is 0.0179. The van der Waals surface area contributed by atoms with Gasteiger partial charge in [-0.05, 0) is 89.9 Å². The topological polar surface area (TPSA) is 160 Å². The van der Waals surface area contributed by atoms with E-state index in [2.05, 4.69) is 27.6 Å². The number of nitrogens with zero attached hydrogens (tertiary/aromatic N) is 6. The Kier molecular flexibility index (Phi) is 14.8. The van der Waals surface area contributed by atoms with Gasteiger partial charge in [-0.15, -0.1) is 11.3 Å². The van der Waals surface area contributed by atoms with E-state index in [1.807, 2.05) is 58.1 Å². The van der Waals surface area contributed by atoms with Crippen molar-refractivity contribution in [1.82, 2.24) is 40.1 Å². The highest BCUT2D eigenvalue weighted by Crippen LogP contribution is 2.43. The molecule has 3 atom stereocenters. The van der Waals surface area contributed by atoms with Gasteiger partial charge < -0.3 is 29.0 Å². The Balaban J connectivity index is 1.18. The van der Waals surface area contributed by atoms with Crippen molar-refractivity contribution in [2.75, 3.05) is 54.1 Å². The van der Waals surface area contributed by atoms with Gasteiger partial charge in [0.2, 0.25) is 5.91 Å². The Labute approximate surface area is 392 Å². The van der Waals surface area contributed by atoms with Crippen LogP contribution in [0.4, 0.5) is 13.2 Å². The van der Waals surface area contributed by atoms with E-state index in [0.717, 1.165) is 0 Å². The maximum absolute atomic E-state index is 14.6. The van der Waals surface area contributed by atoms with Crippen molar-refractivity contribution in [3.8, 4) is 34.4 Å². The van der Waals surface area contributed by atoms with Crippen LogP contribution >= 0.6 is 11.3 Å². The summed E-state index contributed by atoms with van der Waals surface area (Å²) in [6.07, 6.45) is -2.76. The smallest absolute Gasteiger partial charge is 0.406 e. The summed E-state index contributed by atoms with van der Waals surface area (Å²) in [7, 11) is 5.30. The van der Waals surface area contributed by atoms with Crippen molar-refractivity contribution in [3.05, 3.63) is 58.2 Å². The van der Waals surface area contributed by atoms with Gasteiger partial charge in [0.25, 0.3) is 11.8 Å². The van der Waals surface area contributed by atoms with E-state index in [-0.39, 0.29) is 51.0 Å². The Hall–Kier alpha value is -5.39. The maximum atomic E-state index is 14.6. The number of nitrogens with one attached hydrogen (secondary N) is 2. The Morgan fingerprint density at radius 2 is 1.93 bits per heavy atom. The molecule has 2 N–H and O–H groups in total. The SMILES string of the molecule is CO[C@@H](C)c1ncccc1-c1c2c3cc(ccc3n1CC(F)(F)F)-c1csc(n1)C[C@H](NC(=O)CCOC1CN(C(=O)C#CC(C)(C)N(C)C)C1)C(=O)N1CCC[C@H](N1)C(=O)OCC(C)(C)C2. The Bertz CT molecular complexity index is 2560. The first kappa shape index (κ1) is 49.5. The van der Waals surface area contributed by atoms with Gasteiger partial charge in [-0.2, -0.15) is 13.2 Å². The van der Waals surface area contributed by atoms with Gasteiger partial charge in [-0.1, -0.05) is 25.8 Å². The van der Waals surface area contributed by atoms with Gasteiger partial charge in [0, 0.05) is 78.6 Å². The lowest BCUT2D eigenvalue weighted by Gasteiger charge is -2.37. The summed E-state index contributed by atoms with van der Waals surface area (Å²) in [6.45, 7) is 9.10. The molecule has 7 rings (SSSR count). The van der Waals surface area contributed by atoms with Crippen LogP contribution in [0.15, 0.2) is 41.9 Å². The molecular weight excluding hydrogens is 890 g/mol. The third kappa shape index (κ3) is 11.7. The maximum Gasteiger partial charge on any atom is 0.406 e. The van der Waals surface area contributed by atoms with Crippen LogP contribution in [0.3, 0.4) is 0 Å². The number of thiazole rings is 1. The second kappa shape index (κ2) is 20.1. The standard InChI is InChI=1S/C48H59F3N8O7S/c1-29(64-8)42-32(11-9-18-52-42)43-34-23-46(2,3)28-66-45(63)35-12-10-19-59(55-35)44(62)36(53-39(60)16-20-65-31-24-57(25-31)41(61)15-17-47(4,5)56(6)7)22-40-54-37(26-67-40)30-13-14-38(33(34)21-30)58(43)27-48(49,50)51/h9,11,13-14,18,21,26,29,31,35-36,55H,10,12,16,19-20,22-25,27-28H2,1-8H3,(H,53,60)/t29-,35-,36-/m0/s1. The third-order valence-electron chi connectivity index (χ3n) is 12.6. The molecule has 1 aromatic carbocycles. The lowest BCUT2D eigenvalue weighted by Crippen LogP contribution is -2.60. The summed E-state index contributed by atoms with van der Waals surface area (Å²) in [5.74, 6) is 3.93. The van der Waals surface area contributed by atoms with Crippen molar-refractivity contribution < 1.29 is 46.6 Å². The van der Waals surface area contributed by atoms with Crippen LogP contribution in [0.25, 0.3) is 33.4 Å². The number of halogens is 3. The van der Waals surface area contributed by atoms with E-state index >= 15 is 0 Å². The number of ether oxygens (including phenoxy) is 3. The van der Waals surface area contributed by atoms with Crippen molar-refractivity contribution in [1.29, 1.82) is 0 Å². The van der Waals surface area contributed by atoms with Crippen molar-refractivity contribution in [3.63, 3.8) is 0 Å². The molecule has 3 aromatic heterocycles. The molecule has 4 aromatic rings. The molecule has 0 saturated carbocycles.